The van der Waals surface area contributed by atoms with Crippen molar-refractivity contribution in [3.05, 3.63) is 99.4 Å². The minimum atomic E-state index is -0.374. The summed E-state index contributed by atoms with van der Waals surface area (Å²) in [6.07, 6.45) is 0. The zero-order valence-electron chi connectivity index (χ0n) is 18.2. The highest BCUT2D eigenvalue weighted by Crippen LogP contribution is 2.25. The lowest BCUT2D eigenvalue weighted by atomic mass is 10.0. The number of fused-ring (bicyclic) bond motifs is 1. The summed E-state index contributed by atoms with van der Waals surface area (Å²) in [6, 6.07) is 19.9. The molecule has 0 atom stereocenters. The van der Waals surface area contributed by atoms with Crippen molar-refractivity contribution in [1.82, 2.24) is 0 Å². The van der Waals surface area contributed by atoms with Crippen molar-refractivity contribution >= 4 is 28.3 Å². The molecule has 0 saturated carbocycles. The zero-order valence-corrected chi connectivity index (χ0v) is 18.2. The zero-order chi connectivity index (χ0) is 22.7. The molecule has 3 aromatic carbocycles. The van der Waals surface area contributed by atoms with Gasteiger partial charge in [-0.15, -0.1) is 0 Å². The third-order valence-electron chi connectivity index (χ3n) is 5.43. The quantitative estimate of drug-likeness (QED) is 0.408. The predicted molar refractivity (Wildman–Crippen MR) is 127 cm³/mol. The second kappa shape index (κ2) is 8.98. The van der Waals surface area contributed by atoms with Gasteiger partial charge in [-0.25, -0.2) is 4.79 Å². The molecule has 32 heavy (non-hydrogen) atoms. The number of ether oxygens (including phenoxy) is 1. The average Bonchev–Trinajstić information content (AvgIpc) is 2.79. The number of benzene rings is 3. The maximum absolute atomic E-state index is 12.6. The summed E-state index contributed by atoms with van der Waals surface area (Å²) in [4.78, 5) is 24.6. The van der Waals surface area contributed by atoms with E-state index in [-0.39, 0.29) is 11.5 Å². The standard InChI is InChI=1S/C26H24N2O4/c1-16-12-21-19(14-25(29)32-24(21)13-17(16)2)15-27-20-10-8-18(9-11-20)26(30)28-22-6-4-5-7-23(22)31-3/h4-14,27H,15H2,1-3H3,(H,28,30). The monoisotopic (exact) mass is 428 g/mol. The molecule has 6 heteroatoms. The van der Waals surface area contributed by atoms with Gasteiger partial charge in [-0.3, -0.25) is 4.79 Å². The van der Waals surface area contributed by atoms with Crippen LogP contribution in [-0.4, -0.2) is 13.0 Å². The van der Waals surface area contributed by atoms with E-state index < -0.39 is 0 Å². The number of amides is 1. The van der Waals surface area contributed by atoms with Crippen LogP contribution in [0.1, 0.15) is 27.0 Å². The highest BCUT2D eigenvalue weighted by Gasteiger charge is 2.10. The van der Waals surface area contributed by atoms with Crippen molar-refractivity contribution in [2.75, 3.05) is 17.7 Å². The van der Waals surface area contributed by atoms with E-state index in [0.717, 1.165) is 27.8 Å². The minimum Gasteiger partial charge on any atom is -0.495 e. The number of carbonyl (C=O) groups excluding carboxylic acids is 1. The van der Waals surface area contributed by atoms with Crippen LogP contribution in [0.4, 0.5) is 11.4 Å². The molecule has 1 aromatic heterocycles. The number of para-hydroxylation sites is 2. The van der Waals surface area contributed by atoms with Crippen molar-refractivity contribution in [3.63, 3.8) is 0 Å². The van der Waals surface area contributed by atoms with Crippen LogP contribution in [0.2, 0.25) is 0 Å². The molecule has 162 valence electrons. The lowest BCUT2D eigenvalue weighted by Crippen LogP contribution is -2.12. The Kier molecular flexibility index (Phi) is 5.94. The van der Waals surface area contributed by atoms with Crippen molar-refractivity contribution in [2.24, 2.45) is 0 Å². The largest absolute Gasteiger partial charge is 0.495 e. The van der Waals surface area contributed by atoms with Crippen LogP contribution in [0.5, 0.6) is 5.75 Å². The Morgan fingerprint density at radius 2 is 1.69 bits per heavy atom. The molecule has 4 rings (SSSR count). The fourth-order valence-corrected chi connectivity index (χ4v) is 3.51. The molecule has 0 radical (unpaired) electrons. The fourth-order valence-electron chi connectivity index (χ4n) is 3.51. The topological polar surface area (TPSA) is 80.6 Å². The Morgan fingerprint density at radius 1 is 0.969 bits per heavy atom. The number of carbonyl (C=O) groups is 1. The highest BCUT2D eigenvalue weighted by molar-refractivity contribution is 6.05. The van der Waals surface area contributed by atoms with Crippen molar-refractivity contribution < 1.29 is 13.9 Å². The van der Waals surface area contributed by atoms with E-state index in [0.29, 0.717) is 29.1 Å². The fraction of sp³-hybridized carbons (Fsp3) is 0.154. The van der Waals surface area contributed by atoms with Gasteiger partial charge in [0.15, 0.2) is 0 Å². The third kappa shape index (κ3) is 4.49. The summed E-state index contributed by atoms with van der Waals surface area (Å²) >= 11 is 0. The first kappa shape index (κ1) is 21.2. The first-order valence-electron chi connectivity index (χ1n) is 10.3. The van der Waals surface area contributed by atoms with Crippen LogP contribution in [0.25, 0.3) is 11.0 Å². The number of anilines is 2. The molecule has 0 unspecified atom stereocenters. The van der Waals surface area contributed by atoms with Gasteiger partial charge in [0, 0.05) is 29.2 Å². The van der Waals surface area contributed by atoms with Crippen LogP contribution < -0.4 is 21.0 Å². The van der Waals surface area contributed by atoms with E-state index in [1.165, 1.54) is 6.07 Å². The van der Waals surface area contributed by atoms with Gasteiger partial charge in [0.2, 0.25) is 0 Å². The Labute approximate surface area is 185 Å². The molecule has 0 saturated heterocycles. The second-order valence-corrected chi connectivity index (χ2v) is 7.61. The van der Waals surface area contributed by atoms with Crippen LogP contribution in [0.15, 0.2) is 75.9 Å². The maximum Gasteiger partial charge on any atom is 0.336 e. The van der Waals surface area contributed by atoms with Gasteiger partial charge in [-0.2, -0.15) is 0 Å². The SMILES string of the molecule is COc1ccccc1NC(=O)c1ccc(NCc2cc(=O)oc3cc(C)c(C)cc23)cc1. The van der Waals surface area contributed by atoms with E-state index in [2.05, 4.69) is 10.6 Å². The van der Waals surface area contributed by atoms with Crippen molar-refractivity contribution in [2.45, 2.75) is 20.4 Å². The van der Waals surface area contributed by atoms with Gasteiger partial charge < -0.3 is 19.8 Å². The summed E-state index contributed by atoms with van der Waals surface area (Å²) < 4.78 is 10.6. The number of rotatable bonds is 6. The summed E-state index contributed by atoms with van der Waals surface area (Å²) in [6.45, 7) is 4.48. The number of nitrogens with one attached hydrogen (secondary N) is 2. The molecule has 4 aromatic rings. The Morgan fingerprint density at radius 3 is 2.44 bits per heavy atom. The minimum absolute atomic E-state index is 0.224. The van der Waals surface area contributed by atoms with Gasteiger partial charge in [-0.05, 0) is 79.1 Å². The lowest BCUT2D eigenvalue weighted by molar-refractivity contribution is 0.102. The summed E-state index contributed by atoms with van der Waals surface area (Å²) in [5, 5.41) is 7.09. The normalized spacial score (nSPS) is 10.7. The molecule has 1 amide bonds. The molecule has 0 aliphatic rings. The van der Waals surface area contributed by atoms with Gasteiger partial charge in [0.05, 0.1) is 12.8 Å². The first-order valence-corrected chi connectivity index (χ1v) is 10.3. The Bertz CT molecular complexity index is 1340. The van der Waals surface area contributed by atoms with E-state index in [1.54, 1.807) is 31.4 Å². The van der Waals surface area contributed by atoms with E-state index >= 15 is 0 Å². The van der Waals surface area contributed by atoms with E-state index in [4.69, 9.17) is 9.15 Å². The van der Waals surface area contributed by atoms with Crippen LogP contribution in [0.3, 0.4) is 0 Å². The summed E-state index contributed by atoms with van der Waals surface area (Å²) in [5.41, 5.74) is 5.26. The highest BCUT2D eigenvalue weighted by atomic mass is 16.5. The summed E-state index contributed by atoms with van der Waals surface area (Å²) in [7, 11) is 1.56. The van der Waals surface area contributed by atoms with Gasteiger partial charge in [0.1, 0.15) is 11.3 Å². The van der Waals surface area contributed by atoms with Gasteiger partial charge >= 0.3 is 5.63 Å². The Balaban J connectivity index is 1.48. The van der Waals surface area contributed by atoms with Crippen molar-refractivity contribution in [3.8, 4) is 5.75 Å². The molecular weight excluding hydrogens is 404 g/mol. The van der Waals surface area contributed by atoms with Crippen LogP contribution in [-0.2, 0) is 6.54 Å². The molecule has 0 fully saturated rings. The molecule has 0 bridgehead atoms. The average molecular weight is 428 g/mol. The van der Waals surface area contributed by atoms with Crippen LogP contribution >= 0.6 is 0 Å². The molecule has 0 aliphatic heterocycles. The predicted octanol–water partition coefficient (Wildman–Crippen LogP) is 5.28. The first-order chi connectivity index (χ1) is 15.4. The van der Waals surface area contributed by atoms with Crippen molar-refractivity contribution in [1.29, 1.82) is 0 Å². The Hall–Kier alpha value is -4.06. The lowest BCUT2D eigenvalue weighted by Gasteiger charge is -2.12. The molecule has 1 heterocycles. The molecule has 0 aliphatic carbocycles. The number of hydrogen-bond donors (Lipinski definition) is 2. The third-order valence-corrected chi connectivity index (χ3v) is 5.43. The van der Waals surface area contributed by atoms with E-state index in [9.17, 15) is 9.59 Å². The number of methoxy groups -OCH3 is 1. The van der Waals surface area contributed by atoms with Crippen LogP contribution in [0, 0.1) is 13.8 Å². The second-order valence-electron chi connectivity index (χ2n) is 7.61. The molecular formula is C26H24N2O4. The van der Waals surface area contributed by atoms with E-state index in [1.807, 2.05) is 50.2 Å². The van der Waals surface area contributed by atoms with Gasteiger partial charge in [0.25, 0.3) is 5.91 Å². The maximum atomic E-state index is 12.6. The number of hydrogen-bond acceptors (Lipinski definition) is 5. The summed E-state index contributed by atoms with van der Waals surface area (Å²) in [5.74, 6) is 0.377. The smallest absolute Gasteiger partial charge is 0.336 e. The van der Waals surface area contributed by atoms with Gasteiger partial charge in [-0.1, -0.05) is 12.1 Å². The number of aryl methyl sites for hydroxylation is 2. The molecule has 6 nitrogen and oxygen atoms in total. The molecule has 2 N–H and O–H groups in total. The molecule has 0 spiro atoms.